The van der Waals surface area contributed by atoms with Crippen molar-refractivity contribution in [1.29, 1.82) is 0 Å². The van der Waals surface area contributed by atoms with E-state index in [-0.39, 0.29) is 11.8 Å². The van der Waals surface area contributed by atoms with Gasteiger partial charge in [-0.25, -0.2) is 4.68 Å². The first kappa shape index (κ1) is 13.0. The van der Waals surface area contributed by atoms with E-state index in [9.17, 15) is 4.79 Å². The molecule has 3 heterocycles. The van der Waals surface area contributed by atoms with Gasteiger partial charge in [0.05, 0.1) is 13.2 Å². The highest BCUT2D eigenvalue weighted by atomic mass is 35.5. The van der Waals surface area contributed by atoms with Crippen LogP contribution in [0, 0.1) is 0 Å². The number of hydrogen-bond acceptors (Lipinski definition) is 7. The van der Waals surface area contributed by atoms with Gasteiger partial charge in [-0.15, -0.1) is 5.10 Å². The molecule has 0 saturated carbocycles. The van der Waals surface area contributed by atoms with Crippen molar-refractivity contribution in [3.8, 4) is 0 Å². The molecule has 2 aromatic rings. The molecule has 106 valence electrons. The number of rotatable bonds is 3. The topological polar surface area (TPSA) is 106 Å². The number of nitrogens with zero attached hydrogens (tertiary/aromatic N) is 6. The van der Waals surface area contributed by atoms with E-state index in [4.69, 9.17) is 21.4 Å². The normalized spacial score (nSPS) is 15.8. The summed E-state index contributed by atoms with van der Waals surface area (Å²) < 4.78 is 6.47. The van der Waals surface area contributed by atoms with E-state index in [2.05, 4.69) is 20.3 Å². The molecule has 0 radical (unpaired) electrons. The summed E-state index contributed by atoms with van der Waals surface area (Å²) in [6.07, 6.45) is 0. The van der Waals surface area contributed by atoms with Crippen LogP contribution in [-0.2, 0) is 16.1 Å². The first-order valence-electron chi connectivity index (χ1n) is 5.96. The molecule has 0 bridgehead atoms. The number of aromatic nitrogens is 5. The number of anilines is 1. The Morgan fingerprint density at radius 2 is 2.10 bits per heavy atom. The Hall–Kier alpha value is -2.00. The summed E-state index contributed by atoms with van der Waals surface area (Å²) >= 11 is 5.91. The zero-order valence-corrected chi connectivity index (χ0v) is 11.1. The molecule has 1 aliphatic heterocycles. The van der Waals surface area contributed by atoms with Crippen LogP contribution in [-0.4, -0.2) is 62.3 Å². The Balaban J connectivity index is 2.07. The van der Waals surface area contributed by atoms with Crippen molar-refractivity contribution in [2.45, 2.75) is 6.54 Å². The number of aliphatic carboxylic acids is 1. The van der Waals surface area contributed by atoms with E-state index in [0.29, 0.717) is 43.3 Å². The van der Waals surface area contributed by atoms with Gasteiger partial charge >= 0.3 is 5.97 Å². The monoisotopic (exact) mass is 298 g/mol. The van der Waals surface area contributed by atoms with Crippen molar-refractivity contribution in [3.05, 3.63) is 5.28 Å². The second-order valence-electron chi connectivity index (χ2n) is 4.23. The lowest BCUT2D eigenvalue weighted by molar-refractivity contribution is -0.137. The number of halogens is 1. The fourth-order valence-electron chi connectivity index (χ4n) is 2.05. The third-order valence-corrected chi connectivity index (χ3v) is 3.08. The Kier molecular flexibility index (Phi) is 3.36. The number of hydrogen-bond donors (Lipinski definition) is 1. The van der Waals surface area contributed by atoms with E-state index in [1.54, 1.807) is 0 Å². The Labute approximate surface area is 118 Å². The SMILES string of the molecule is O=C(O)Cn1nnc2c(N3CCOCC3)nc(Cl)nc21. The minimum atomic E-state index is -1.03. The first-order valence-corrected chi connectivity index (χ1v) is 6.34. The second kappa shape index (κ2) is 5.17. The van der Waals surface area contributed by atoms with Crippen LogP contribution < -0.4 is 4.90 Å². The highest BCUT2D eigenvalue weighted by Gasteiger charge is 2.21. The molecule has 1 N–H and O–H groups in total. The van der Waals surface area contributed by atoms with Gasteiger partial charge in [-0.05, 0) is 11.6 Å². The molecule has 1 fully saturated rings. The van der Waals surface area contributed by atoms with E-state index in [1.165, 1.54) is 4.68 Å². The van der Waals surface area contributed by atoms with Crippen molar-refractivity contribution < 1.29 is 14.6 Å². The summed E-state index contributed by atoms with van der Waals surface area (Å²) in [4.78, 5) is 21.0. The van der Waals surface area contributed by atoms with Gasteiger partial charge in [0.15, 0.2) is 17.0 Å². The molecule has 0 amide bonds. The number of carboxylic acid groups (broad SMARTS) is 1. The third-order valence-electron chi connectivity index (χ3n) is 2.91. The molecule has 10 heteroatoms. The van der Waals surface area contributed by atoms with Crippen molar-refractivity contribution in [2.75, 3.05) is 31.2 Å². The molecule has 1 aliphatic rings. The van der Waals surface area contributed by atoms with Gasteiger partial charge in [0.1, 0.15) is 6.54 Å². The molecule has 0 unspecified atom stereocenters. The summed E-state index contributed by atoms with van der Waals surface area (Å²) in [6.45, 7) is 2.17. The molecular formula is C10H11ClN6O3. The third kappa shape index (κ3) is 2.37. The van der Waals surface area contributed by atoms with E-state index < -0.39 is 5.97 Å². The average molecular weight is 299 g/mol. The molecule has 9 nitrogen and oxygen atoms in total. The Bertz CT molecular complexity index is 654. The van der Waals surface area contributed by atoms with Crippen molar-refractivity contribution in [3.63, 3.8) is 0 Å². The molecule has 3 rings (SSSR count). The first-order chi connectivity index (χ1) is 9.65. The zero-order valence-electron chi connectivity index (χ0n) is 10.4. The number of fused-ring (bicyclic) bond motifs is 1. The molecule has 20 heavy (non-hydrogen) atoms. The van der Waals surface area contributed by atoms with Gasteiger partial charge in [-0.1, -0.05) is 5.21 Å². The Morgan fingerprint density at radius 1 is 1.35 bits per heavy atom. The van der Waals surface area contributed by atoms with Crippen molar-refractivity contribution in [2.24, 2.45) is 0 Å². The zero-order chi connectivity index (χ0) is 14.1. The smallest absolute Gasteiger partial charge is 0.325 e. The van der Waals surface area contributed by atoms with Crippen LogP contribution in [0.4, 0.5) is 5.82 Å². The van der Waals surface area contributed by atoms with Gasteiger partial charge < -0.3 is 14.7 Å². The number of morpholine rings is 1. The van der Waals surface area contributed by atoms with Gasteiger partial charge in [0.25, 0.3) is 0 Å². The minimum Gasteiger partial charge on any atom is -0.480 e. The van der Waals surface area contributed by atoms with Crippen LogP contribution in [0.3, 0.4) is 0 Å². The number of carboxylic acids is 1. The van der Waals surface area contributed by atoms with E-state index >= 15 is 0 Å². The van der Waals surface area contributed by atoms with Gasteiger partial charge in [0, 0.05) is 13.1 Å². The van der Waals surface area contributed by atoms with Gasteiger partial charge in [0.2, 0.25) is 5.28 Å². The maximum absolute atomic E-state index is 10.8. The quantitative estimate of drug-likeness (QED) is 0.776. The van der Waals surface area contributed by atoms with Crippen LogP contribution in [0.25, 0.3) is 11.2 Å². The highest BCUT2D eigenvalue weighted by molar-refractivity contribution is 6.28. The standard InChI is InChI=1S/C10H11ClN6O3/c11-10-12-8(16-1-3-20-4-2-16)7-9(13-10)17(15-14-7)5-6(18)19/h1-5H2,(H,18,19). The van der Waals surface area contributed by atoms with Gasteiger partial charge in [-0.3, -0.25) is 4.79 Å². The van der Waals surface area contributed by atoms with Crippen LogP contribution in [0.2, 0.25) is 5.28 Å². The fraction of sp³-hybridized carbons (Fsp3) is 0.500. The lowest BCUT2D eigenvalue weighted by atomic mass is 10.3. The molecule has 0 spiro atoms. The molecule has 2 aromatic heterocycles. The maximum atomic E-state index is 10.8. The predicted molar refractivity (Wildman–Crippen MR) is 68.8 cm³/mol. The van der Waals surface area contributed by atoms with E-state index in [1.807, 2.05) is 4.90 Å². The fourth-order valence-corrected chi connectivity index (χ4v) is 2.21. The summed E-state index contributed by atoms with van der Waals surface area (Å²) in [5, 5.41) is 16.6. The Morgan fingerprint density at radius 3 is 2.80 bits per heavy atom. The second-order valence-corrected chi connectivity index (χ2v) is 4.57. The summed E-state index contributed by atoms with van der Waals surface area (Å²) in [7, 11) is 0. The number of ether oxygens (including phenoxy) is 1. The minimum absolute atomic E-state index is 0.0351. The van der Waals surface area contributed by atoms with Crippen LogP contribution in [0.15, 0.2) is 0 Å². The predicted octanol–water partition coefficient (Wildman–Crippen LogP) is -0.204. The summed E-state index contributed by atoms with van der Waals surface area (Å²) in [5.74, 6) is -0.473. The van der Waals surface area contributed by atoms with Crippen molar-refractivity contribution >= 4 is 34.6 Å². The summed E-state index contributed by atoms with van der Waals surface area (Å²) in [5.41, 5.74) is 0.756. The largest absolute Gasteiger partial charge is 0.480 e. The van der Waals surface area contributed by atoms with E-state index in [0.717, 1.165) is 0 Å². The highest BCUT2D eigenvalue weighted by Crippen LogP contribution is 2.24. The molecule has 1 saturated heterocycles. The molecule has 0 aromatic carbocycles. The molecule has 0 atom stereocenters. The average Bonchev–Trinajstić information content (AvgIpc) is 2.81. The van der Waals surface area contributed by atoms with Crippen LogP contribution in [0.1, 0.15) is 0 Å². The summed E-state index contributed by atoms with van der Waals surface area (Å²) in [6, 6.07) is 0. The maximum Gasteiger partial charge on any atom is 0.325 e. The van der Waals surface area contributed by atoms with Gasteiger partial charge in [-0.2, -0.15) is 9.97 Å². The molecular weight excluding hydrogens is 288 g/mol. The lowest BCUT2D eigenvalue weighted by Gasteiger charge is -2.27. The van der Waals surface area contributed by atoms with Crippen LogP contribution >= 0.6 is 11.6 Å². The number of carbonyl (C=O) groups is 1. The lowest BCUT2D eigenvalue weighted by Crippen LogP contribution is -2.37. The van der Waals surface area contributed by atoms with Crippen molar-refractivity contribution in [1.82, 2.24) is 25.0 Å². The van der Waals surface area contributed by atoms with Crippen LogP contribution in [0.5, 0.6) is 0 Å². The molecule has 0 aliphatic carbocycles.